The summed E-state index contributed by atoms with van der Waals surface area (Å²) in [6.07, 6.45) is 3.97. The standard InChI is InChI=1S/C15H21N5O4S/c1-3-10(2)19-25(22,23)11-8-12(16-9-11)13-17-18-14(24-13)15(21)20-6-4-5-7-20/h8-10,16,19H,3-7H2,1-2H3/t10-/m1/s1. The molecule has 0 bridgehead atoms. The number of likely N-dealkylation sites (tertiary alicyclic amines) is 1. The molecule has 136 valence electrons. The Kier molecular flexibility index (Phi) is 4.91. The van der Waals surface area contributed by atoms with Crippen molar-refractivity contribution in [2.75, 3.05) is 13.1 Å². The number of nitrogens with zero attached hydrogens (tertiary/aromatic N) is 3. The minimum absolute atomic E-state index is 0.0764. The van der Waals surface area contributed by atoms with Crippen LogP contribution in [0.15, 0.2) is 21.6 Å². The van der Waals surface area contributed by atoms with Crippen molar-refractivity contribution in [3.8, 4) is 11.6 Å². The largest absolute Gasteiger partial charge is 0.411 e. The minimum atomic E-state index is -3.63. The highest BCUT2D eigenvalue weighted by atomic mass is 32.2. The van der Waals surface area contributed by atoms with Crippen molar-refractivity contribution in [2.45, 2.75) is 44.0 Å². The third-order valence-electron chi connectivity index (χ3n) is 4.17. The van der Waals surface area contributed by atoms with Crippen molar-refractivity contribution in [3.05, 3.63) is 18.2 Å². The maximum atomic E-state index is 12.3. The Bertz CT molecular complexity index is 851. The molecule has 0 unspecified atom stereocenters. The van der Waals surface area contributed by atoms with Gasteiger partial charge < -0.3 is 14.3 Å². The van der Waals surface area contributed by atoms with Crippen LogP contribution in [0.5, 0.6) is 0 Å². The average molecular weight is 367 g/mol. The summed E-state index contributed by atoms with van der Waals surface area (Å²) >= 11 is 0. The van der Waals surface area contributed by atoms with Gasteiger partial charge in [-0.25, -0.2) is 13.1 Å². The smallest absolute Gasteiger partial charge is 0.311 e. The van der Waals surface area contributed by atoms with Crippen molar-refractivity contribution >= 4 is 15.9 Å². The van der Waals surface area contributed by atoms with Gasteiger partial charge in [-0.05, 0) is 32.3 Å². The van der Waals surface area contributed by atoms with E-state index in [1.165, 1.54) is 12.3 Å². The fraction of sp³-hybridized carbons (Fsp3) is 0.533. The molecule has 1 aliphatic rings. The number of H-pyrrole nitrogens is 1. The van der Waals surface area contributed by atoms with Crippen molar-refractivity contribution < 1.29 is 17.6 Å². The van der Waals surface area contributed by atoms with Crippen LogP contribution in [0.25, 0.3) is 11.6 Å². The molecule has 1 atom stereocenters. The SMILES string of the molecule is CC[C@@H](C)NS(=O)(=O)c1c[nH]c(-c2nnc(C(=O)N3CCCC3)o2)c1. The van der Waals surface area contributed by atoms with E-state index < -0.39 is 10.0 Å². The summed E-state index contributed by atoms with van der Waals surface area (Å²) in [6.45, 7) is 5.05. The van der Waals surface area contributed by atoms with E-state index >= 15 is 0 Å². The molecule has 10 heteroatoms. The molecule has 2 N–H and O–H groups in total. The lowest BCUT2D eigenvalue weighted by molar-refractivity contribution is 0.0754. The van der Waals surface area contributed by atoms with Crippen LogP contribution < -0.4 is 4.72 Å². The predicted octanol–water partition coefficient (Wildman–Crippen LogP) is 1.38. The molecule has 0 saturated carbocycles. The van der Waals surface area contributed by atoms with Gasteiger partial charge in [-0.1, -0.05) is 6.92 Å². The van der Waals surface area contributed by atoms with E-state index in [4.69, 9.17) is 4.42 Å². The molecule has 1 amide bonds. The van der Waals surface area contributed by atoms with Crippen molar-refractivity contribution in [3.63, 3.8) is 0 Å². The number of aromatic amines is 1. The van der Waals surface area contributed by atoms with Gasteiger partial charge in [0.1, 0.15) is 10.6 Å². The number of sulfonamides is 1. The van der Waals surface area contributed by atoms with Gasteiger partial charge in [-0.2, -0.15) is 0 Å². The fourth-order valence-electron chi connectivity index (χ4n) is 2.54. The Hall–Kier alpha value is -2.20. The molecule has 1 fully saturated rings. The quantitative estimate of drug-likeness (QED) is 0.795. The Morgan fingerprint density at radius 1 is 1.40 bits per heavy atom. The summed E-state index contributed by atoms with van der Waals surface area (Å²) in [4.78, 5) is 16.8. The molecule has 2 aromatic heterocycles. The normalized spacial score (nSPS) is 16.3. The number of amides is 1. The number of aromatic nitrogens is 3. The summed E-state index contributed by atoms with van der Waals surface area (Å²) in [5.41, 5.74) is 0.345. The first-order valence-electron chi connectivity index (χ1n) is 8.24. The number of nitrogens with one attached hydrogen (secondary N) is 2. The Morgan fingerprint density at radius 2 is 2.12 bits per heavy atom. The number of rotatable bonds is 6. The molecule has 0 spiro atoms. The molecule has 1 saturated heterocycles. The molecule has 3 rings (SSSR count). The summed E-state index contributed by atoms with van der Waals surface area (Å²) in [5.74, 6) is -0.310. The van der Waals surface area contributed by atoms with Gasteiger partial charge in [0.2, 0.25) is 10.0 Å². The van der Waals surface area contributed by atoms with Gasteiger partial charge in [0.05, 0.1) is 0 Å². The molecular weight excluding hydrogens is 346 g/mol. The van der Waals surface area contributed by atoms with Crippen LogP contribution in [-0.2, 0) is 10.0 Å². The van der Waals surface area contributed by atoms with Gasteiger partial charge in [-0.3, -0.25) is 4.79 Å². The first-order chi connectivity index (χ1) is 11.9. The first kappa shape index (κ1) is 17.6. The molecule has 2 aromatic rings. The van der Waals surface area contributed by atoms with Crippen LogP contribution in [0, 0.1) is 0 Å². The molecular formula is C15H21N5O4S. The number of hydrogen-bond donors (Lipinski definition) is 2. The van der Waals surface area contributed by atoms with E-state index in [1.54, 1.807) is 11.8 Å². The van der Waals surface area contributed by atoms with Crippen molar-refractivity contribution in [2.24, 2.45) is 0 Å². The van der Waals surface area contributed by atoms with Gasteiger partial charge in [-0.15, -0.1) is 10.2 Å². The zero-order chi connectivity index (χ0) is 18.0. The fourth-order valence-corrected chi connectivity index (χ4v) is 3.86. The highest BCUT2D eigenvalue weighted by Crippen LogP contribution is 2.22. The van der Waals surface area contributed by atoms with E-state index in [1.807, 2.05) is 6.92 Å². The summed E-state index contributed by atoms with van der Waals surface area (Å²) in [5, 5.41) is 7.62. The van der Waals surface area contributed by atoms with E-state index in [0.29, 0.717) is 25.2 Å². The summed E-state index contributed by atoms with van der Waals surface area (Å²) in [7, 11) is -3.63. The Labute approximate surface area is 145 Å². The van der Waals surface area contributed by atoms with Crippen LogP contribution >= 0.6 is 0 Å². The monoisotopic (exact) mass is 367 g/mol. The second-order valence-corrected chi connectivity index (χ2v) is 7.81. The van der Waals surface area contributed by atoms with Crippen LogP contribution in [0.3, 0.4) is 0 Å². The topological polar surface area (TPSA) is 121 Å². The van der Waals surface area contributed by atoms with E-state index in [0.717, 1.165) is 12.8 Å². The van der Waals surface area contributed by atoms with Gasteiger partial charge in [0.25, 0.3) is 5.89 Å². The Morgan fingerprint density at radius 3 is 2.80 bits per heavy atom. The number of carbonyl (C=O) groups is 1. The second kappa shape index (κ2) is 6.96. The molecule has 0 aromatic carbocycles. The first-order valence-corrected chi connectivity index (χ1v) is 9.73. The molecule has 3 heterocycles. The maximum Gasteiger partial charge on any atom is 0.311 e. The third kappa shape index (κ3) is 3.74. The molecule has 9 nitrogen and oxygen atoms in total. The van der Waals surface area contributed by atoms with Gasteiger partial charge >= 0.3 is 11.8 Å². The van der Waals surface area contributed by atoms with Crippen LogP contribution in [0.4, 0.5) is 0 Å². The summed E-state index contributed by atoms with van der Waals surface area (Å²) in [6, 6.07) is 1.24. The Balaban J connectivity index is 1.78. The minimum Gasteiger partial charge on any atom is -0.411 e. The van der Waals surface area contributed by atoms with E-state index in [-0.39, 0.29) is 28.6 Å². The average Bonchev–Trinajstić information content (AvgIpc) is 3.33. The van der Waals surface area contributed by atoms with Crippen molar-refractivity contribution in [1.29, 1.82) is 0 Å². The van der Waals surface area contributed by atoms with Gasteiger partial charge in [0.15, 0.2) is 0 Å². The summed E-state index contributed by atoms with van der Waals surface area (Å²) < 4.78 is 32.5. The van der Waals surface area contributed by atoms with Gasteiger partial charge in [0, 0.05) is 25.3 Å². The van der Waals surface area contributed by atoms with Crippen LogP contribution in [0.1, 0.15) is 43.8 Å². The second-order valence-electron chi connectivity index (χ2n) is 6.09. The lowest BCUT2D eigenvalue weighted by atomic mass is 10.3. The lowest BCUT2D eigenvalue weighted by Gasteiger charge is -2.11. The third-order valence-corrected chi connectivity index (χ3v) is 5.74. The van der Waals surface area contributed by atoms with Crippen LogP contribution in [0.2, 0.25) is 0 Å². The highest BCUT2D eigenvalue weighted by Gasteiger charge is 2.26. The zero-order valence-electron chi connectivity index (χ0n) is 14.2. The molecule has 1 aliphatic heterocycles. The lowest BCUT2D eigenvalue weighted by Crippen LogP contribution is -2.31. The molecule has 0 radical (unpaired) electrons. The van der Waals surface area contributed by atoms with Crippen LogP contribution in [-0.4, -0.2) is 53.5 Å². The number of hydrogen-bond acceptors (Lipinski definition) is 6. The van der Waals surface area contributed by atoms with E-state index in [9.17, 15) is 13.2 Å². The predicted molar refractivity (Wildman–Crippen MR) is 89.3 cm³/mol. The van der Waals surface area contributed by atoms with E-state index in [2.05, 4.69) is 19.9 Å². The maximum absolute atomic E-state index is 12.3. The highest BCUT2D eigenvalue weighted by molar-refractivity contribution is 7.89. The molecule has 0 aliphatic carbocycles. The number of carbonyl (C=O) groups excluding carboxylic acids is 1. The van der Waals surface area contributed by atoms with Crippen molar-refractivity contribution in [1.82, 2.24) is 24.8 Å². The molecule has 25 heavy (non-hydrogen) atoms. The zero-order valence-corrected chi connectivity index (χ0v) is 15.0.